The quantitative estimate of drug-likeness (QED) is 0.119. The summed E-state index contributed by atoms with van der Waals surface area (Å²) in [6, 6.07) is 20.7. The zero-order chi connectivity index (χ0) is 36.7. The van der Waals surface area contributed by atoms with Crippen molar-refractivity contribution in [2.24, 2.45) is 5.41 Å². The first kappa shape index (κ1) is 40.2. The number of methoxy groups -OCH3 is 2. The molecule has 0 bridgehead atoms. The highest BCUT2D eigenvalue weighted by atomic mass is 79.9. The van der Waals surface area contributed by atoms with E-state index < -0.39 is 37.8 Å². The van der Waals surface area contributed by atoms with Crippen LogP contribution in [0.15, 0.2) is 83.9 Å². The van der Waals surface area contributed by atoms with Crippen LogP contribution in [0.4, 0.5) is 0 Å². The summed E-state index contributed by atoms with van der Waals surface area (Å²) in [5.41, 5.74) is 0.444. The van der Waals surface area contributed by atoms with Gasteiger partial charge in [-0.05, 0) is 39.7 Å². The number of carbonyl (C=O) groups is 2. The molecule has 0 aliphatic carbocycles. The van der Waals surface area contributed by atoms with Crippen LogP contribution in [0.3, 0.4) is 0 Å². The molecule has 0 saturated carbocycles. The van der Waals surface area contributed by atoms with Gasteiger partial charge in [0.15, 0.2) is 5.79 Å². The van der Waals surface area contributed by atoms with Crippen LogP contribution in [0.1, 0.15) is 80.1 Å². The van der Waals surface area contributed by atoms with Crippen molar-refractivity contribution < 1.29 is 37.7 Å². The summed E-state index contributed by atoms with van der Waals surface area (Å²) in [5, 5.41) is 1.88. The lowest BCUT2D eigenvalue weighted by Gasteiger charge is -2.55. The zero-order valence-electron chi connectivity index (χ0n) is 30.9. The Hall–Kier alpha value is -2.60. The van der Waals surface area contributed by atoms with Crippen molar-refractivity contribution in [3.63, 3.8) is 0 Å². The third-order valence-electron chi connectivity index (χ3n) is 10.4. The van der Waals surface area contributed by atoms with E-state index in [1.165, 1.54) is 19.6 Å². The van der Waals surface area contributed by atoms with Crippen molar-refractivity contribution in [2.75, 3.05) is 14.2 Å². The molecule has 2 aromatic carbocycles. The van der Waals surface area contributed by atoms with E-state index in [1.54, 1.807) is 7.11 Å². The van der Waals surface area contributed by atoms with Gasteiger partial charge in [0, 0.05) is 26.9 Å². The molecule has 8 nitrogen and oxygen atoms in total. The summed E-state index contributed by atoms with van der Waals surface area (Å²) < 4.78 is 38.7. The number of rotatable bonds is 13. The van der Waals surface area contributed by atoms with Crippen molar-refractivity contribution >= 4 is 46.6 Å². The lowest BCUT2D eigenvalue weighted by Crippen LogP contribution is -2.68. The van der Waals surface area contributed by atoms with Crippen LogP contribution in [0.2, 0.25) is 5.04 Å². The van der Waals surface area contributed by atoms with Gasteiger partial charge in [-0.3, -0.25) is 9.59 Å². The van der Waals surface area contributed by atoms with Gasteiger partial charge >= 0.3 is 11.9 Å². The maximum Gasteiger partial charge on any atom is 0.308 e. The Labute approximate surface area is 308 Å². The highest BCUT2D eigenvalue weighted by molar-refractivity contribution is 9.11. The summed E-state index contributed by atoms with van der Waals surface area (Å²) >= 11 is 3.52. The lowest BCUT2D eigenvalue weighted by molar-refractivity contribution is -0.358. The molecule has 10 heteroatoms. The summed E-state index contributed by atoms with van der Waals surface area (Å²) in [6.45, 7) is 16.0. The molecule has 2 fully saturated rings. The second-order valence-electron chi connectivity index (χ2n) is 15.1. The standard InChI is InChI=1S/C40H55BrO8Si/c1-10-30-21-29(27-41)22-33(47-30)26-40(45-9)39(6,7)36(46-28(2)42)24-31(48-40)23-32(25-37(43)44-8)49-50(38(3,4)5,34-17-13-11-14-18-34)35-19-15-12-16-20-35/h10-20,27,30-33,36H,1,21-26H2,2-9H3/b29-27+/t30-,31+,32+,33-,36-,40-/m0/s1. The minimum Gasteiger partial charge on any atom is -0.469 e. The van der Waals surface area contributed by atoms with Gasteiger partial charge in [0.1, 0.15) is 6.10 Å². The van der Waals surface area contributed by atoms with Crippen LogP contribution in [-0.4, -0.2) is 70.8 Å². The van der Waals surface area contributed by atoms with E-state index in [0.29, 0.717) is 25.7 Å². The molecular weight excluding hydrogens is 716 g/mol. The molecule has 2 heterocycles. The Kier molecular flexibility index (Phi) is 13.5. The van der Waals surface area contributed by atoms with Crippen LogP contribution in [0, 0.1) is 5.41 Å². The Morgan fingerprint density at radius 3 is 2.10 bits per heavy atom. The zero-order valence-corrected chi connectivity index (χ0v) is 33.5. The van der Waals surface area contributed by atoms with Gasteiger partial charge in [-0.2, -0.15) is 0 Å². The predicted molar refractivity (Wildman–Crippen MR) is 202 cm³/mol. The van der Waals surface area contributed by atoms with Gasteiger partial charge in [-0.1, -0.05) is 123 Å². The number of hydrogen-bond acceptors (Lipinski definition) is 8. The lowest BCUT2D eigenvalue weighted by atomic mass is 9.70. The first-order valence-electron chi connectivity index (χ1n) is 17.5. The Balaban J connectivity index is 1.79. The number of ether oxygens (including phenoxy) is 5. The van der Waals surface area contributed by atoms with Crippen LogP contribution in [-0.2, 0) is 37.7 Å². The Morgan fingerprint density at radius 2 is 1.62 bits per heavy atom. The minimum absolute atomic E-state index is 0.0224. The molecule has 0 N–H and O–H groups in total. The highest BCUT2D eigenvalue weighted by Gasteiger charge is 2.60. The van der Waals surface area contributed by atoms with Crippen LogP contribution in [0.5, 0.6) is 0 Å². The van der Waals surface area contributed by atoms with Crippen LogP contribution < -0.4 is 10.4 Å². The van der Waals surface area contributed by atoms with E-state index in [9.17, 15) is 9.59 Å². The normalized spacial score (nSPS) is 26.9. The van der Waals surface area contributed by atoms with Crippen molar-refractivity contribution in [2.45, 2.75) is 121 Å². The average molecular weight is 772 g/mol. The maximum atomic E-state index is 13.1. The SMILES string of the molecule is C=C[C@H]1C/C(=C\Br)C[C@@H](C[C@]2(OC)O[C@H](C[C@H](CC(=O)OC)O[Si](c3ccccc3)(c3ccccc3)C(C)(C)C)C[C@H](OC(C)=O)C2(C)C)O1. The first-order valence-corrected chi connectivity index (χ1v) is 20.3. The molecule has 0 amide bonds. The Bertz CT molecular complexity index is 1430. The fraction of sp³-hybridized carbons (Fsp3) is 0.550. The fourth-order valence-corrected chi connectivity index (χ4v) is 12.9. The van der Waals surface area contributed by atoms with Gasteiger partial charge in [-0.25, -0.2) is 0 Å². The molecule has 2 aromatic rings. The largest absolute Gasteiger partial charge is 0.469 e. The van der Waals surface area contributed by atoms with E-state index in [1.807, 2.05) is 61.3 Å². The molecule has 2 saturated heterocycles. The molecule has 0 aromatic heterocycles. The van der Waals surface area contributed by atoms with Gasteiger partial charge in [0.2, 0.25) is 0 Å². The molecule has 0 unspecified atom stereocenters. The molecule has 2 aliphatic rings. The van der Waals surface area contributed by atoms with E-state index in [2.05, 4.69) is 67.5 Å². The van der Waals surface area contributed by atoms with Gasteiger partial charge in [-0.15, -0.1) is 6.58 Å². The summed E-state index contributed by atoms with van der Waals surface area (Å²) in [7, 11) is -0.0436. The fourth-order valence-electron chi connectivity index (χ4n) is 7.80. The number of esters is 2. The van der Waals surface area contributed by atoms with Crippen molar-refractivity contribution in [1.29, 1.82) is 0 Å². The molecule has 4 rings (SSSR count). The van der Waals surface area contributed by atoms with E-state index >= 15 is 0 Å². The van der Waals surface area contributed by atoms with Crippen molar-refractivity contribution in [3.8, 4) is 0 Å². The Morgan fingerprint density at radius 1 is 1.02 bits per heavy atom. The van der Waals surface area contributed by atoms with Crippen molar-refractivity contribution in [3.05, 3.63) is 83.9 Å². The van der Waals surface area contributed by atoms with Gasteiger partial charge in [0.25, 0.3) is 8.32 Å². The molecule has 6 atom stereocenters. The molecular formula is C40H55BrO8Si. The molecule has 274 valence electrons. The summed E-state index contributed by atoms with van der Waals surface area (Å²) in [4.78, 5) is 27.6. The second-order valence-corrected chi connectivity index (χ2v) is 19.8. The third kappa shape index (κ3) is 8.70. The molecule has 0 spiro atoms. The summed E-state index contributed by atoms with van der Waals surface area (Å²) in [5.74, 6) is -1.96. The smallest absolute Gasteiger partial charge is 0.308 e. The van der Waals surface area contributed by atoms with Crippen LogP contribution >= 0.6 is 15.9 Å². The highest BCUT2D eigenvalue weighted by Crippen LogP contribution is 2.51. The first-order chi connectivity index (χ1) is 23.6. The minimum atomic E-state index is -3.07. The van der Waals surface area contributed by atoms with E-state index in [-0.39, 0.29) is 35.6 Å². The van der Waals surface area contributed by atoms with E-state index in [0.717, 1.165) is 16.8 Å². The third-order valence-corrected chi connectivity index (χ3v) is 16.1. The number of carbonyl (C=O) groups excluding carboxylic acids is 2. The molecule has 2 aliphatic heterocycles. The summed E-state index contributed by atoms with van der Waals surface area (Å²) in [6.07, 6.45) is 2.37. The number of hydrogen-bond donors (Lipinski definition) is 0. The maximum absolute atomic E-state index is 13.1. The average Bonchev–Trinajstić information content (AvgIpc) is 3.08. The topological polar surface area (TPSA) is 89.5 Å². The monoisotopic (exact) mass is 770 g/mol. The molecule has 50 heavy (non-hydrogen) atoms. The second kappa shape index (κ2) is 16.8. The van der Waals surface area contributed by atoms with Gasteiger partial charge < -0.3 is 28.1 Å². The molecule has 0 radical (unpaired) electrons. The van der Waals surface area contributed by atoms with Crippen LogP contribution in [0.25, 0.3) is 0 Å². The van der Waals surface area contributed by atoms with Crippen molar-refractivity contribution in [1.82, 2.24) is 0 Å². The van der Waals surface area contributed by atoms with Gasteiger partial charge in [0.05, 0.1) is 43.4 Å². The van der Waals surface area contributed by atoms with E-state index in [4.69, 9.17) is 28.1 Å². The predicted octanol–water partition coefficient (Wildman–Crippen LogP) is 7.38. The number of halogens is 1. The number of benzene rings is 2.